The third-order valence-corrected chi connectivity index (χ3v) is 5.37. The van der Waals surface area contributed by atoms with Crippen molar-refractivity contribution in [1.29, 1.82) is 0 Å². The first-order valence-corrected chi connectivity index (χ1v) is 10.6. The number of methoxy groups -OCH3 is 3. The van der Waals surface area contributed by atoms with Crippen molar-refractivity contribution in [2.75, 3.05) is 27.9 Å². The number of benzene rings is 1. The van der Waals surface area contributed by atoms with Crippen LogP contribution >= 0.6 is 0 Å². The molecule has 0 spiro atoms. The van der Waals surface area contributed by atoms with Gasteiger partial charge in [0.05, 0.1) is 56.1 Å². The molecule has 0 unspecified atom stereocenters. The maximum Gasteiger partial charge on any atom is 0.340 e. The Kier molecular flexibility index (Phi) is 6.49. The molecule has 8 heteroatoms. The number of rotatable bonds is 8. The zero-order valence-corrected chi connectivity index (χ0v) is 19.3. The SMILES string of the molecule is CCOC(=O)c1cc(C(=O)c2cc(OC)c(OC)c(OC)c2)n2c(-c3ccccn3)cccc12. The Bertz CT molecular complexity index is 1340. The fourth-order valence-corrected chi connectivity index (χ4v) is 3.87. The van der Waals surface area contributed by atoms with Crippen LogP contribution in [0.15, 0.2) is 60.8 Å². The molecule has 1 aromatic carbocycles. The molecule has 174 valence electrons. The summed E-state index contributed by atoms with van der Waals surface area (Å²) in [7, 11) is 4.46. The van der Waals surface area contributed by atoms with Gasteiger partial charge in [0.15, 0.2) is 11.5 Å². The van der Waals surface area contributed by atoms with Crippen molar-refractivity contribution in [3.05, 3.63) is 77.6 Å². The van der Waals surface area contributed by atoms with E-state index in [1.165, 1.54) is 21.3 Å². The molecular formula is C26H24N2O6. The maximum atomic E-state index is 13.8. The third-order valence-electron chi connectivity index (χ3n) is 5.37. The molecule has 0 amide bonds. The minimum Gasteiger partial charge on any atom is -0.493 e. The first kappa shape index (κ1) is 22.8. The van der Waals surface area contributed by atoms with E-state index in [1.54, 1.807) is 41.8 Å². The van der Waals surface area contributed by atoms with E-state index in [0.717, 1.165) is 0 Å². The first-order valence-electron chi connectivity index (χ1n) is 10.6. The zero-order valence-electron chi connectivity index (χ0n) is 19.3. The van der Waals surface area contributed by atoms with Gasteiger partial charge in [-0.3, -0.25) is 9.78 Å². The molecule has 0 aliphatic rings. The van der Waals surface area contributed by atoms with Crippen LogP contribution in [-0.2, 0) is 4.74 Å². The van der Waals surface area contributed by atoms with Crippen molar-refractivity contribution in [3.63, 3.8) is 0 Å². The number of ketones is 1. The van der Waals surface area contributed by atoms with Gasteiger partial charge in [-0.05, 0) is 49.4 Å². The number of carbonyl (C=O) groups excluding carboxylic acids is 2. The van der Waals surface area contributed by atoms with Crippen LogP contribution in [0.3, 0.4) is 0 Å². The molecule has 4 aromatic rings. The Labute approximate surface area is 196 Å². The topological polar surface area (TPSA) is 88.4 Å². The van der Waals surface area contributed by atoms with E-state index < -0.39 is 5.97 Å². The molecule has 0 N–H and O–H groups in total. The van der Waals surface area contributed by atoms with Crippen LogP contribution in [0.25, 0.3) is 16.9 Å². The number of nitrogens with zero attached hydrogens (tertiary/aromatic N) is 2. The normalized spacial score (nSPS) is 10.7. The van der Waals surface area contributed by atoms with Gasteiger partial charge >= 0.3 is 5.97 Å². The molecule has 34 heavy (non-hydrogen) atoms. The van der Waals surface area contributed by atoms with Crippen molar-refractivity contribution < 1.29 is 28.5 Å². The smallest absolute Gasteiger partial charge is 0.340 e. The highest BCUT2D eigenvalue weighted by atomic mass is 16.5. The lowest BCUT2D eigenvalue weighted by Crippen LogP contribution is -2.08. The van der Waals surface area contributed by atoms with Crippen LogP contribution < -0.4 is 14.2 Å². The summed E-state index contributed by atoms with van der Waals surface area (Å²) in [4.78, 5) is 31.0. The quantitative estimate of drug-likeness (QED) is 0.284. The van der Waals surface area contributed by atoms with E-state index >= 15 is 0 Å². The Morgan fingerprint density at radius 1 is 0.912 bits per heavy atom. The van der Waals surface area contributed by atoms with Gasteiger partial charge in [-0.1, -0.05) is 12.1 Å². The third kappa shape index (κ3) is 3.94. The number of hydrogen-bond donors (Lipinski definition) is 0. The fraction of sp³-hybridized carbons (Fsp3) is 0.192. The Balaban J connectivity index is 1.98. The molecule has 4 rings (SSSR count). The van der Waals surface area contributed by atoms with E-state index in [0.29, 0.717) is 39.7 Å². The number of pyridine rings is 2. The number of carbonyl (C=O) groups is 2. The minimum atomic E-state index is -0.512. The molecule has 0 bridgehead atoms. The summed E-state index contributed by atoms with van der Waals surface area (Å²) in [6.45, 7) is 1.95. The molecule has 0 saturated heterocycles. The maximum absolute atomic E-state index is 13.8. The van der Waals surface area contributed by atoms with E-state index in [2.05, 4.69) is 4.98 Å². The summed E-state index contributed by atoms with van der Waals surface area (Å²) >= 11 is 0. The van der Waals surface area contributed by atoms with Gasteiger partial charge in [-0.25, -0.2) is 4.79 Å². The van der Waals surface area contributed by atoms with Crippen molar-refractivity contribution >= 4 is 17.3 Å². The molecule has 3 aromatic heterocycles. The second-order valence-corrected chi connectivity index (χ2v) is 7.25. The number of fused-ring (bicyclic) bond motifs is 1. The van der Waals surface area contributed by atoms with E-state index in [1.807, 2.05) is 30.3 Å². The van der Waals surface area contributed by atoms with Gasteiger partial charge in [0, 0.05) is 11.8 Å². The second-order valence-electron chi connectivity index (χ2n) is 7.25. The standard InChI is InChI=1S/C26H24N2O6/c1-5-34-26(30)17-15-21(24(29)16-13-22(31-2)25(33-4)23(14-16)32-3)28-19(17)10-8-11-20(28)18-9-6-7-12-27-18/h6-15H,5H2,1-4H3. The van der Waals surface area contributed by atoms with Crippen LogP contribution in [-0.4, -0.2) is 49.1 Å². The van der Waals surface area contributed by atoms with Gasteiger partial charge in [-0.15, -0.1) is 0 Å². The van der Waals surface area contributed by atoms with Gasteiger partial charge < -0.3 is 23.3 Å². The van der Waals surface area contributed by atoms with Gasteiger partial charge in [0.2, 0.25) is 11.5 Å². The minimum absolute atomic E-state index is 0.215. The second kappa shape index (κ2) is 9.66. The Morgan fingerprint density at radius 3 is 2.24 bits per heavy atom. The Hall–Kier alpha value is -4.33. The molecule has 0 aliphatic carbocycles. The highest BCUT2D eigenvalue weighted by molar-refractivity contribution is 6.12. The molecule has 0 atom stereocenters. The highest BCUT2D eigenvalue weighted by Crippen LogP contribution is 2.39. The van der Waals surface area contributed by atoms with Crippen molar-refractivity contribution in [2.45, 2.75) is 6.92 Å². The number of aromatic nitrogens is 2. The van der Waals surface area contributed by atoms with Crippen LogP contribution in [0.4, 0.5) is 0 Å². The summed E-state index contributed by atoms with van der Waals surface area (Å²) in [6, 6.07) is 15.6. The van der Waals surface area contributed by atoms with Crippen molar-refractivity contribution in [2.24, 2.45) is 0 Å². The van der Waals surface area contributed by atoms with Gasteiger partial charge in [-0.2, -0.15) is 0 Å². The summed E-state index contributed by atoms with van der Waals surface area (Å²) in [5.74, 6) is 0.224. The number of esters is 1. The predicted octanol–water partition coefficient (Wildman–Crippen LogP) is 4.43. The molecule has 0 radical (unpaired) electrons. The lowest BCUT2D eigenvalue weighted by atomic mass is 10.1. The number of ether oxygens (including phenoxy) is 4. The zero-order chi connectivity index (χ0) is 24.2. The van der Waals surface area contributed by atoms with Crippen LogP contribution in [0.5, 0.6) is 17.2 Å². The first-order chi connectivity index (χ1) is 16.5. The average Bonchev–Trinajstić information content (AvgIpc) is 3.28. The lowest BCUT2D eigenvalue weighted by Gasteiger charge is -2.14. The molecule has 3 heterocycles. The highest BCUT2D eigenvalue weighted by Gasteiger charge is 2.25. The molecule has 8 nitrogen and oxygen atoms in total. The van der Waals surface area contributed by atoms with Crippen molar-refractivity contribution in [3.8, 4) is 28.6 Å². The lowest BCUT2D eigenvalue weighted by molar-refractivity contribution is 0.0529. The summed E-state index contributed by atoms with van der Waals surface area (Å²) in [5.41, 5.74) is 2.71. The largest absolute Gasteiger partial charge is 0.493 e. The van der Waals surface area contributed by atoms with Crippen molar-refractivity contribution in [1.82, 2.24) is 9.38 Å². The van der Waals surface area contributed by atoms with Crippen LogP contribution in [0, 0.1) is 0 Å². The summed E-state index contributed by atoms with van der Waals surface area (Å²) in [6.07, 6.45) is 1.67. The predicted molar refractivity (Wildman–Crippen MR) is 126 cm³/mol. The van der Waals surface area contributed by atoms with Gasteiger partial charge in [0.1, 0.15) is 0 Å². The Morgan fingerprint density at radius 2 is 1.65 bits per heavy atom. The van der Waals surface area contributed by atoms with E-state index in [4.69, 9.17) is 18.9 Å². The number of hydrogen-bond acceptors (Lipinski definition) is 7. The summed E-state index contributed by atoms with van der Waals surface area (Å²) in [5, 5.41) is 0. The molecule has 0 fully saturated rings. The summed E-state index contributed by atoms with van der Waals surface area (Å²) < 4.78 is 23.2. The van der Waals surface area contributed by atoms with E-state index in [9.17, 15) is 9.59 Å². The molecular weight excluding hydrogens is 436 g/mol. The van der Waals surface area contributed by atoms with Crippen LogP contribution in [0.2, 0.25) is 0 Å². The molecule has 0 aliphatic heterocycles. The average molecular weight is 460 g/mol. The van der Waals surface area contributed by atoms with Gasteiger partial charge in [0.25, 0.3) is 0 Å². The van der Waals surface area contributed by atoms with Crippen LogP contribution in [0.1, 0.15) is 33.3 Å². The fourth-order valence-electron chi connectivity index (χ4n) is 3.87. The monoisotopic (exact) mass is 460 g/mol. The van der Waals surface area contributed by atoms with E-state index in [-0.39, 0.29) is 23.6 Å². The molecule has 0 saturated carbocycles.